The van der Waals surface area contributed by atoms with E-state index in [1.165, 1.54) is 13.8 Å². The first-order valence-electron chi connectivity index (χ1n) is 4.46. The van der Waals surface area contributed by atoms with Gasteiger partial charge in [0.15, 0.2) is 9.84 Å². The van der Waals surface area contributed by atoms with Crippen LogP contribution in [0.1, 0.15) is 20.3 Å². The molecule has 0 aromatic carbocycles. The molecule has 6 nitrogen and oxygen atoms in total. The van der Waals surface area contributed by atoms with Crippen LogP contribution in [0.25, 0.3) is 0 Å². The molecule has 0 radical (unpaired) electrons. The number of sulfone groups is 1. The van der Waals surface area contributed by atoms with Crippen LogP contribution < -0.4 is 34.7 Å². The fourth-order valence-corrected chi connectivity index (χ4v) is 4.33. The molecule has 2 aliphatic heterocycles. The number of aliphatic carboxylic acids is 1. The number of rotatable bonds is 1. The maximum atomic E-state index is 11.9. The minimum absolute atomic E-state index is 0. The van der Waals surface area contributed by atoms with E-state index in [4.69, 9.17) is 0 Å². The molecule has 0 unspecified atom stereocenters. The van der Waals surface area contributed by atoms with Gasteiger partial charge >= 0.3 is 29.6 Å². The molecule has 0 spiro atoms. The van der Waals surface area contributed by atoms with Crippen LogP contribution in [0.5, 0.6) is 0 Å². The van der Waals surface area contributed by atoms with Crippen molar-refractivity contribution in [3.8, 4) is 0 Å². The van der Waals surface area contributed by atoms with Crippen LogP contribution in [-0.2, 0) is 19.4 Å². The van der Waals surface area contributed by atoms with E-state index in [0.29, 0.717) is 0 Å². The summed E-state index contributed by atoms with van der Waals surface area (Å²) in [4.78, 5) is 23.0. The van der Waals surface area contributed by atoms with Crippen molar-refractivity contribution in [2.45, 2.75) is 36.4 Å². The van der Waals surface area contributed by atoms with Crippen molar-refractivity contribution in [3.63, 3.8) is 0 Å². The molecule has 2 rings (SSSR count). The molecule has 0 aromatic rings. The second-order valence-electron chi connectivity index (χ2n) is 4.33. The summed E-state index contributed by atoms with van der Waals surface area (Å²) in [6.45, 7) is 2.63. The molecule has 0 N–H and O–H groups in total. The van der Waals surface area contributed by atoms with Crippen LogP contribution in [0.3, 0.4) is 0 Å². The van der Waals surface area contributed by atoms with Gasteiger partial charge < -0.3 is 14.8 Å². The summed E-state index contributed by atoms with van der Waals surface area (Å²) in [5.41, 5.74) is 0. The number of hydrogen-bond donors (Lipinski definition) is 0. The number of β-lactam (4-membered cyclic amide) rings is 1. The fraction of sp³-hybridized carbons (Fsp3) is 0.750. The predicted molar refractivity (Wildman–Crippen MR) is 47.0 cm³/mol. The third-order valence-electron chi connectivity index (χ3n) is 3.20. The van der Waals surface area contributed by atoms with E-state index < -0.39 is 37.9 Å². The van der Waals surface area contributed by atoms with E-state index >= 15 is 0 Å². The minimum atomic E-state index is -3.61. The Hall–Kier alpha value is -0.110. The third kappa shape index (κ3) is 1.38. The minimum Gasteiger partial charge on any atom is -0.548 e. The Labute approximate surface area is 115 Å². The average molecular weight is 255 g/mol. The van der Waals surface area contributed by atoms with E-state index in [-0.39, 0.29) is 36.0 Å². The van der Waals surface area contributed by atoms with Crippen molar-refractivity contribution < 1.29 is 52.7 Å². The van der Waals surface area contributed by atoms with Crippen LogP contribution in [0.4, 0.5) is 0 Å². The standard InChI is InChI=1S/C8H11NO5S.Na/c1-8(2)6(7(11)12)9-4(10)3-5(9)15(8,13)14;/h5-6H,3H2,1-2H3,(H,11,12);/q;+1/p-1/t5-,6-;/m0./s1. The second-order valence-corrected chi connectivity index (χ2v) is 7.02. The first-order valence-corrected chi connectivity index (χ1v) is 6.01. The topological polar surface area (TPSA) is 94.6 Å². The van der Waals surface area contributed by atoms with E-state index in [2.05, 4.69) is 0 Å². The van der Waals surface area contributed by atoms with E-state index in [1.54, 1.807) is 0 Å². The number of hydrogen-bond acceptors (Lipinski definition) is 5. The van der Waals surface area contributed by atoms with Crippen molar-refractivity contribution in [2.24, 2.45) is 0 Å². The van der Waals surface area contributed by atoms with Gasteiger partial charge in [-0.1, -0.05) is 0 Å². The zero-order chi connectivity index (χ0) is 11.6. The Morgan fingerprint density at radius 3 is 2.31 bits per heavy atom. The van der Waals surface area contributed by atoms with Crippen LogP contribution >= 0.6 is 0 Å². The quantitative estimate of drug-likeness (QED) is 0.345. The normalized spacial score (nSPS) is 33.6. The second kappa shape index (κ2) is 3.69. The van der Waals surface area contributed by atoms with Crippen LogP contribution in [0, 0.1) is 0 Å². The average Bonchev–Trinajstić information content (AvgIpc) is 2.19. The zero-order valence-corrected chi connectivity index (χ0v) is 12.1. The Morgan fingerprint density at radius 2 is 2.00 bits per heavy atom. The summed E-state index contributed by atoms with van der Waals surface area (Å²) in [6, 6.07) is -1.37. The molecule has 2 fully saturated rings. The number of fused-ring (bicyclic) bond motifs is 1. The molecule has 2 atom stereocenters. The Kier molecular flexibility index (Phi) is 3.22. The molecule has 0 saturated carbocycles. The Bertz CT molecular complexity index is 457. The maximum Gasteiger partial charge on any atom is 1.00 e. The van der Waals surface area contributed by atoms with Gasteiger partial charge in [-0.05, 0) is 13.8 Å². The number of carboxylic acids is 1. The molecule has 16 heavy (non-hydrogen) atoms. The van der Waals surface area contributed by atoms with Gasteiger partial charge in [0.05, 0.1) is 23.2 Å². The van der Waals surface area contributed by atoms with Gasteiger partial charge in [0.25, 0.3) is 0 Å². The summed E-state index contributed by atoms with van der Waals surface area (Å²) in [5.74, 6) is -1.96. The SMILES string of the molecule is CC1(C)[C@H](C(=O)[O-])N2C(=O)C[C@@H]2S1(=O)=O.[Na+]. The van der Waals surface area contributed by atoms with Gasteiger partial charge in [0, 0.05) is 0 Å². The Morgan fingerprint density at radius 1 is 1.50 bits per heavy atom. The molecule has 2 heterocycles. The third-order valence-corrected chi connectivity index (χ3v) is 6.00. The zero-order valence-electron chi connectivity index (χ0n) is 9.26. The van der Waals surface area contributed by atoms with Crippen molar-refractivity contribution in [1.29, 1.82) is 0 Å². The number of amides is 1. The molecule has 0 bridgehead atoms. The molecule has 8 heteroatoms. The van der Waals surface area contributed by atoms with Gasteiger partial charge in [-0.15, -0.1) is 0 Å². The van der Waals surface area contributed by atoms with E-state index in [0.717, 1.165) is 4.90 Å². The van der Waals surface area contributed by atoms with Crippen LogP contribution in [0.2, 0.25) is 0 Å². The van der Waals surface area contributed by atoms with E-state index in [1.807, 2.05) is 0 Å². The van der Waals surface area contributed by atoms with Gasteiger partial charge in [-0.2, -0.15) is 0 Å². The van der Waals surface area contributed by atoms with E-state index in [9.17, 15) is 23.1 Å². The molecule has 1 amide bonds. The largest absolute Gasteiger partial charge is 1.00 e. The number of nitrogens with zero attached hydrogens (tertiary/aromatic N) is 1. The van der Waals surface area contributed by atoms with Crippen molar-refractivity contribution in [3.05, 3.63) is 0 Å². The molecule has 0 aliphatic carbocycles. The Balaban J connectivity index is 0.00000128. The first kappa shape index (κ1) is 14.0. The first-order chi connectivity index (χ1) is 6.71. The van der Waals surface area contributed by atoms with Crippen molar-refractivity contribution >= 4 is 21.7 Å². The fourth-order valence-electron chi connectivity index (χ4n) is 2.21. The predicted octanol–water partition coefficient (Wildman–Crippen LogP) is -5.13. The number of carbonyl (C=O) groups excluding carboxylic acids is 2. The van der Waals surface area contributed by atoms with Gasteiger partial charge in [-0.3, -0.25) is 4.79 Å². The van der Waals surface area contributed by atoms with Gasteiger partial charge in [0.2, 0.25) is 5.91 Å². The van der Waals surface area contributed by atoms with Crippen molar-refractivity contribution in [2.75, 3.05) is 0 Å². The molecule has 2 saturated heterocycles. The molecule has 2 aliphatic rings. The van der Waals surface area contributed by atoms with Crippen molar-refractivity contribution in [1.82, 2.24) is 4.90 Å². The van der Waals surface area contributed by atoms with Crippen LogP contribution in [0.15, 0.2) is 0 Å². The summed E-state index contributed by atoms with van der Waals surface area (Å²) in [6.07, 6.45) is -0.116. The molecule has 0 aromatic heterocycles. The number of carboxylic acid groups (broad SMARTS) is 1. The number of carbonyl (C=O) groups is 2. The maximum absolute atomic E-state index is 11.9. The summed E-state index contributed by atoms with van der Waals surface area (Å²) < 4.78 is 22.2. The van der Waals surface area contributed by atoms with Gasteiger partial charge in [-0.25, -0.2) is 8.42 Å². The molecular weight excluding hydrogens is 245 g/mol. The molecule has 84 valence electrons. The smallest absolute Gasteiger partial charge is 0.548 e. The summed E-state index contributed by atoms with van der Waals surface area (Å²) >= 11 is 0. The monoisotopic (exact) mass is 255 g/mol. The van der Waals surface area contributed by atoms with Gasteiger partial charge in [0.1, 0.15) is 5.37 Å². The molecular formula is C8H10NNaO5S. The summed E-state index contributed by atoms with van der Waals surface area (Å²) in [7, 11) is -3.61. The summed E-state index contributed by atoms with van der Waals surface area (Å²) in [5, 5.41) is 9.90. The van der Waals surface area contributed by atoms with Crippen LogP contribution in [-0.4, -0.2) is 41.4 Å².